The second-order valence-electron chi connectivity index (χ2n) is 20.8. The van der Waals surface area contributed by atoms with Crippen LogP contribution < -0.4 is 0 Å². The minimum Gasteiger partial charge on any atom is -0.462 e. The molecule has 0 amide bonds. The summed E-state index contributed by atoms with van der Waals surface area (Å²) in [5.41, 5.74) is 0. The predicted octanol–water partition coefficient (Wildman–Crippen LogP) is 19.4. The minimum absolute atomic E-state index is 0.0617. The van der Waals surface area contributed by atoms with Crippen LogP contribution >= 0.6 is 0 Å². The first-order valence-electron chi connectivity index (χ1n) is 29.4. The van der Waals surface area contributed by atoms with Gasteiger partial charge in [-0.1, -0.05) is 297 Å². The standard InChI is InChI=1S/C59H114O6/c1-5-7-9-11-13-15-17-19-21-22-24-25-30-34-38-42-46-50-57(60)63-53-56(65-59(62)52-48-44-40-36-32-26-23-20-18-16-14-12-10-8-6-2)54-64-58(61)51-47-43-39-35-31-28-27-29-33-37-41-45-49-55(3)4/h55-56H,5-54H2,1-4H3/t56-/m1/s1. The Balaban J connectivity index is 4.29. The first-order valence-corrected chi connectivity index (χ1v) is 29.4. The van der Waals surface area contributed by atoms with Gasteiger partial charge in [0.1, 0.15) is 13.2 Å². The van der Waals surface area contributed by atoms with Gasteiger partial charge in [-0.2, -0.15) is 0 Å². The van der Waals surface area contributed by atoms with Gasteiger partial charge in [0.05, 0.1) is 0 Å². The molecule has 0 aromatic rings. The minimum atomic E-state index is -0.762. The second-order valence-corrected chi connectivity index (χ2v) is 20.8. The highest BCUT2D eigenvalue weighted by molar-refractivity contribution is 5.71. The Morgan fingerprint density at radius 1 is 0.292 bits per heavy atom. The summed E-state index contributed by atoms with van der Waals surface area (Å²) in [4.78, 5) is 38.2. The van der Waals surface area contributed by atoms with Gasteiger partial charge in [-0.3, -0.25) is 14.4 Å². The van der Waals surface area contributed by atoms with Gasteiger partial charge in [-0.05, 0) is 25.2 Å². The van der Waals surface area contributed by atoms with Crippen molar-refractivity contribution in [2.45, 2.75) is 342 Å². The Labute approximate surface area is 406 Å². The molecule has 0 aromatic heterocycles. The summed E-state index contributed by atoms with van der Waals surface area (Å²) in [6.07, 6.45) is 58.0. The van der Waals surface area contributed by atoms with Gasteiger partial charge in [0.25, 0.3) is 0 Å². The molecule has 0 heterocycles. The van der Waals surface area contributed by atoms with E-state index in [1.807, 2.05) is 0 Å². The van der Waals surface area contributed by atoms with Crippen LogP contribution in [0.4, 0.5) is 0 Å². The molecule has 0 fully saturated rings. The average molecular weight is 920 g/mol. The molecule has 0 bridgehead atoms. The summed E-state index contributed by atoms with van der Waals surface area (Å²) in [7, 11) is 0. The van der Waals surface area contributed by atoms with E-state index in [4.69, 9.17) is 14.2 Å². The summed E-state index contributed by atoms with van der Waals surface area (Å²) < 4.78 is 16.9. The van der Waals surface area contributed by atoms with Crippen molar-refractivity contribution in [1.29, 1.82) is 0 Å². The zero-order valence-electron chi connectivity index (χ0n) is 44.5. The Bertz CT molecular complexity index is 980. The highest BCUT2D eigenvalue weighted by Gasteiger charge is 2.19. The van der Waals surface area contributed by atoms with Gasteiger partial charge in [0, 0.05) is 19.3 Å². The smallest absolute Gasteiger partial charge is 0.306 e. The molecule has 6 heteroatoms. The molecule has 0 spiro atoms. The third kappa shape index (κ3) is 53.2. The maximum atomic E-state index is 12.8. The van der Waals surface area contributed by atoms with Gasteiger partial charge < -0.3 is 14.2 Å². The lowest BCUT2D eigenvalue weighted by molar-refractivity contribution is -0.167. The highest BCUT2D eigenvalue weighted by Crippen LogP contribution is 2.18. The first kappa shape index (κ1) is 63.4. The number of carbonyl (C=O) groups excluding carboxylic acids is 3. The van der Waals surface area contributed by atoms with Crippen molar-refractivity contribution in [3.63, 3.8) is 0 Å². The molecular formula is C59H114O6. The zero-order valence-corrected chi connectivity index (χ0v) is 44.5. The van der Waals surface area contributed by atoms with E-state index >= 15 is 0 Å². The van der Waals surface area contributed by atoms with Crippen molar-refractivity contribution >= 4 is 17.9 Å². The van der Waals surface area contributed by atoms with Gasteiger partial charge in [-0.25, -0.2) is 0 Å². The summed E-state index contributed by atoms with van der Waals surface area (Å²) in [6, 6.07) is 0. The number of hydrogen-bond donors (Lipinski definition) is 0. The van der Waals surface area contributed by atoms with Crippen molar-refractivity contribution in [1.82, 2.24) is 0 Å². The van der Waals surface area contributed by atoms with Crippen molar-refractivity contribution < 1.29 is 28.6 Å². The normalized spacial score (nSPS) is 12.0. The molecule has 0 saturated carbocycles. The van der Waals surface area contributed by atoms with Crippen molar-refractivity contribution in [3.8, 4) is 0 Å². The number of ether oxygens (including phenoxy) is 3. The van der Waals surface area contributed by atoms with Crippen LogP contribution in [0, 0.1) is 5.92 Å². The molecule has 1 atom stereocenters. The third-order valence-electron chi connectivity index (χ3n) is 13.5. The van der Waals surface area contributed by atoms with E-state index in [0.29, 0.717) is 19.3 Å². The van der Waals surface area contributed by atoms with Crippen LogP contribution in [0.15, 0.2) is 0 Å². The van der Waals surface area contributed by atoms with Crippen LogP contribution in [-0.4, -0.2) is 37.2 Å². The van der Waals surface area contributed by atoms with Gasteiger partial charge in [0.2, 0.25) is 0 Å². The lowest BCUT2D eigenvalue weighted by Crippen LogP contribution is -2.30. The molecule has 386 valence electrons. The Hall–Kier alpha value is -1.59. The van der Waals surface area contributed by atoms with Crippen molar-refractivity contribution in [2.24, 2.45) is 5.92 Å². The summed E-state index contributed by atoms with van der Waals surface area (Å²) in [5, 5.41) is 0. The fourth-order valence-corrected chi connectivity index (χ4v) is 9.10. The molecule has 0 aliphatic rings. The molecule has 0 rings (SSSR count). The molecule has 0 saturated heterocycles. The molecule has 0 aliphatic carbocycles. The SMILES string of the molecule is CCCCCCCCCCCCCCCCCCCC(=O)OC[C@H](COC(=O)CCCCCCCCCCCCCCC(C)C)OC(=O)CCCCCCCCCCCCCCCCC. The summed E-state index contributed by atoms with van der Waals surface area (Å²) >= 11 is 0. The number of rotatable bonds is 54. The fourth-order valence-electron chi connectivity index (χ4n) is 9.10. The topological polar surface area (TPSA) is 78.9 Å². The molecule has 0 radical (unpaired) electrons. The van der Waals surface area contributed by atoms with Gasteiger partial charge in [0.15, 0.2) is 6.10 Å². The fraction of sp³-hybridized carbons (Fsp3) is 0.949. The Morgan fingerprint density at radius 2 is 0.508 bits per heavy atom. The first-order chi connectivity index (χ1) is 31.9. The molecule has 0 unspecified atom stereocenters. The van der Waals surface area contributed by atoms with E-state index < -0.39 is 6.10 Å². The lowest BCUT2D eigenvalue weighted by atomic mass is 10.0. The van der Waals surface area contributed by atoms with Crippen LogP contribution in [0.3, 0.4) is 0 Å². The Morgan fingerprint density at radius 3 is 0.754 bits per heavy atom. The number of unbranched alkanes of at least 4 members (excludes halogenated alkanes) is 41. The van der Waals surface area contributed by atoms with E-state index in [-0.39, 0.29) is 31.1 Å². The van der Waals surface area contributed by atoms with Crippen molar-refractivity contribution in [2.75, 3.05) is 13.2 Å². The molecule has 65 heavy (non-hydrogen) atoms. The van der Waals surface area contributed by atoms with Crippen LogP contribution in [0.1, 0.15) is 336 Å². The summed E-state index contributed by atoms with van der Waals surface area (Å²) in [5.74, 6) is -0.0000276. The number of carbonyl (C=O) groups is 3. The third-order valence-corrected chi connectivity index (χ3v) is 13.5. The number of hydrogen-bond acceptors (Lipinski definition) is 6. The largest absolute Gasteiger partial charge is 0.462 e. The van der Waals surface area contributed by atoms with E-state index in [1.54, 1.807) is 0 Å². The molecule has 6 nitrogen and oxygen atoms in total. The zero-order chi connectivity index (χ0) is 47.4. The van der Waals surface area contributed by atoms with Crippen LogP contribution in [-0.2, 0) is 28.6 Å². The maximum absolute atomic E-state index is 12.8. The highest BCUT2D eigenvalue weighted by atomic mass is 16.6. The van der Waals surface area contributed by atoms with Gasteiger partial charge >= 0.3 is 17.9 Å². The number of esters is 3. The lowest BCUT2D eigenvalue weighted by Gasteiger charge is -2.18. The molecule has 0 aliphatic heterocycles. The molecule has 0 N–H and O–H groups in total. The van der Waals surface area contributed by atoms with E-state index in [0.717, 1.165) is 63.7 Å². The molecule has 0 aromatic carbocycles. The quantitative estimate of drug-likeness (QED) is 0.0344. The predicted molar refractivity (Wildman–Crippen MR) is 280 cm³/mol. The van der Waals surface area contributed by atoms with Crippen LogP contribution in [0.25, 0.3) is 0 Å². The van der Waals surface area contributed by atoms with Crippen LogP contribution in [0.2, 0.25) is 0 Å². The molecular weight excluding hydrogens is 805 g/mol. The summed E-state index contributed by atoms with van der Waals surface area (Å²) in [6.45, 7) is 9.06. The Kier molecular flexibility index (Phi) is 52.1. The second kappa shape index (κ2) is 53.4. The average Bonchev–Trinajstić information content (AvgIpc) is 3.29. The van der Waals surface area contributed by atoms with Gasteiger partial charge in [-0.15, -0.1) is 0 Å². The van der Waals surface area contributed by atoms with E-state index in [1.165, 1.54) is 231 Å². The monoisotopic (exact) mass is 919 g/mol. The van der Waals surface area contributed by atoms with Crippen molar-refractivity contribution in [3.05, 3.63) is 0 Å². The van der Waals surface area contributed by atoms with E-state index in [9.17, 15) is 14.4 Å². The maximum Gasteiger partial charge on any atom is 0.306 e. The van der Waals surface area contributed by atoms with Crippen LogP contribution in [0.5, 0.6) is 0 Å². The van der Waals surface area contributed by atoms with E-state index in [2.05, 4.69) is 27.7 Å².